The van der Waals surface area contributed by atoms with Crippen molar-refractivity contribution in [3.05, 3.63) is 48.2 Å². The second-order valence-corrected chi connectivity index (χ2v) is 3.60. The molecule has 0 saturated carbocycles. The molecule has 2 heterocycles. The molecule has 0 aliphatic carbocycles. The van der Waals surface area contributed by atoms with Crippen LogP contribution in [0.1, 0.15) is 18.2 Å². The highest BCUT2D eigenvalue weighted by atomic mass is 16.3. The van der Waals surface area contributed by atoms with Gasteiger partial charge in [-0.2, -0.15) is 5.26 Å². The zero-order valence-electron chi connectivity index (χ0n) is 9.63. The third-order valence-electron chi connectivity index (χ3n) is 2.57. The van der Waals surface area contributed by atoms with E-state index in [9.17, 15) is 0 Å². The third kappa shape index (κ3) is 2.45. The molecule has 0 aromatic carbocycles. The average molecular weight is 227 g/mol. The predicted molar refractivity (Wildman–Crippen MR) is 64.4 cm³/mol. The molecule has 0 aliphatic rings. The molecule has 86 valence electrons. The van der Waals surface area contributed by atoms with Crippen LogP contribution >= 0.6 is 0 Å². The molecule has 0 unspecified atom stereocenters. The molecule has 0 atom stereocenters. The number of rotatable bonds is 4. The summed E-state index contributed by atoms with van der Waals surface area (Å²) in [5.74, 6) is 0.875. The maximum absolute atomic E-state index is 9.06. The summed E-state index contributed by atoms with van der Waals surface area (Å²) in [6.07, 6.45) is 4.99. The summed E-state index contributed by atoms with van der Waals surface area (Å²) in [6, 6.07) is 7.68. The number of furan rings is 1. The van der Waals surface area contributed by atoms with E-state index in [0.29, 0.717) is 12.1 Å². The van der Waals surface area contributed by atoms with Crippen molar-refractivity contribution in [3.63, 3.8) is 0 Å². The number of hydrogen-bond donors (Lipinski definition) is 0. The van der Waals surface area contributed by atoms with Crippen LogP contribution in [0.2, 0.25) is 0 Å². The standard InChI is InChI=1S/C13H13N3O/c1-2-16(10-12-4-3-7-17-12)13-9-15-6-5-11(13)8-14/h3-7,9H,2,10H2,1H3. The summed E-state index contributed by atoms with van der Waals surface area (Å²) in [7, 11) is 0. The first-order chi connectivity index (χ1) is 8.35. The van der Waals surface area contributed by atoms with Gasteiger partial charge in [-0.05, 0) is 25.1 Å². The number of anilines is 1. The van der Waals surface area contributed by atoms with E-state index in [2.05, 4.69) is 16.0 Å². The normalized spacial score (nSPS) is 9.88. The molecule has 0 fully saturated rings. The van der Waals surface area contributed by atoms with Crippen LogP contribution < -0.4 is 4.90 Å². The van der Waals surface area contributed by atoms with Crippen molar-refractivity contribution in [2.75, 3.05) is 11.4 Å². The molecule has 0 bridgehead atoms. The van der Waals surface area contributed by atoms with E-state index in [-0.39, 0.29) is 0 Å². The SMILES string of the molecule is CCN(Cc1ccco1)c1cnccc1C#N. The fourth-order valence-corrected chi connectivity index (χ4v) is 1.69. The fraction of sp³-hybridized carbons (Fsp3) is 0.231. The molecule has 17 heavy (non-hydrogen) atoms. The summed E-state index contributed by atoms with van der Waals surface area (Å²) in [6.45, 7) is 3.47. The predicted octanol–water partition coefficient (Wildman–Crippen LogP) is 2.57. The molecule has 2 aromatic rings. The van der Waals surface area contributed by atoms with Crippen molar-refractivity contribution >= 4 is 5.69 Å². The Kier molecular flexibility index (Phi) is 3.41. The summed E-state index contributed by atoms with van der Waals surface area (Å²) in [4.78, 5) is 6.13. The molecule has 0 aliphatic heterocycles. The summed E-state index contributed by atoms with van der Waals surface area (Å²) in [5, 5.41) is 9.06. The smallest absolute Gasteiger partial charge is 0.123 e. The second kappa shape index (κ2) is 5.17. The van der Waals surface area contributed by atoms with Gasteiger partial charge in [0.05, 0.1) is 30.3 Å². The van der Waals surface area contributed by atoms with Crippen LogP contribution in [0.25, 0.3) is 0 Å². The quantitative estimate of drug-likeness (QED) is 0.805. The van der Waals surface area contributed by atoms with Gasteiger partial charge in [0, 0.05) is 12.7 Å². The zero-order chi connectivity index (χ0) is 12.1. The maximum Gasteiger partial charge on any atom is 0.123 e. The van der Waals surface area contributed by atoms with Crippen LogP contribution in [0.3, 0.4) is 0 Å². The highest BCUT2D eigenvalue weighted by Gasteiger charge is 2.11. The van der Waals surface area contributed by atoms with Crippen LogP contribution in [0, 0.1) is 11.3 Å². The van der Waals surface area contributed by atoms with Crippen molar-refractivity contribution in [1.29, 1.82) is 5.26 Å². The minimum absolute atomic E-state index is 0.633. The lowest BCUT2D eigenvalue weighted by atomic mass is 10.2. The lowest BCUT2D eigenvalue weighted by Gasteiger charge is -2.22. The number of aromatic nitrogens is 1. The van der Waals surface area contributed by atoms with Crippen molar-refractivity contribution < 1.29 is 4.42 Å². The van der Waals surface area contributed by atoms with Gasteiger partial charge in [0.1, 0.15) is 11.8 Å². The van der Waals surface area contributed by atoms with Crippen molar-refractivity contribution in [2.45, 2.75) is 13.5 Å². The minimum Gasteiger partial charge on any atom is -0.467 e. The van der Waals surface area contributed by atoms with Gasteiger partial charge < -0.3 is 9.32 Å². The van der Waals surface area contributed by atoms with E-state index < -0.39 is 0 Å². The van der Waals surface area contributed by atoms with Gasteiger partial charge >= 0.3 is 0 Å². The molecule has 0 N–H and O–H groups in total. The molecule has 2 aromatic heterocycles. The van der Waals surface area contributed by atoms with E-state index in [1.54, 1.807) is 24.7 Å². The van der Waals surface area contributed by atoms with Gasteiger partial charge in [0.2, 0.25) is 0 Å². The monoisotopic (exact) mass is 227 g/mol. The number of hydrogen-bond acceptors (Lipinski definition) is 4. The first kappa shape index (κ1) is 11.2. The Labute approximate surface area is 100 Å². The lowest BCUT2D eigenvalue weighted by molar-refractivity contribution is 0.503. The molecule has 0 saturated heterocycles. The van der Waals surface area contributed by atoms with Gasteiger partial charge in [0.25, 0.3) is 0 Å². The Bertz CT molecular complexity index is 514. The van der Waals surface area contributed by atoms with Crippen LogP contribution in [0.4, 0.5) is 5.69 Å². The zero-order valence-corrected chi connectivity index (χ0v) is 9.63. The topological polar surface area (TPSA) is 53.1 Å². The Hall–Kier alpha value is -2.28. The summed E-state index contributed by atoms with van der Waals surface area (Å²) >= 11 is 0. The van der Waals surface area contributed by atoms with Gasteiger partial charge in [-0.1, -0.05) is 0 Å². The molecular weight excluding hydrogens is 214 g/mol. The van der Waals surface area contributed by atoms with Crippen molar-refractivity contribution in [2.24, 2.45) is 0 Å². The first-order valence-electron chi connectivity index (χ1n) is 5.46. The van der Waals surface area contributed by atoms with Crippen molar-refractivity contribution in [1.82, 2.24) is 4.98 Å². The maximum atomic E-state index is 9.06. The number of nitrogens with zero attached hydrogens (tertiary/aromatic N) is 3. The van der Waals surface area contributed by atoms with Crippen molar-refractivity contribution in [3.8, 4) is 6.07 Å². The lowest BCUT2D eigenvalue weighted by Crippen LogP contribution is -2.22. The van der Waals surface area contributed by atoms with Crippen LogP contribution in [-0.2, 0) is 6.54 Å². The van der Waals surface area contributed by atoms with Gasteiger partial charge in [0.15, 0.2) is 0 Å². The molecule has 0 radical (unpaired) electrons. The molecule has 4 heteroatoms. The Morgan fingerprint density at radius 1 is 1.47 bits per heavy atom. The molecule has 4 nitrogen and oxygen atoms in total. The molecule has 0 amide bonds. The Morgan fingerprint density at radius 3 is 3.00 bits per heavy atom. The van der Waals surface area contributed by atoms with Gasteiger partial charge in [-0.15, -0.1) is 0 Å². The third-order valence-corrected chi connectivity index (χ3v) is 2.57. The average Bonchev–Trinajstić information content (AvgIpc) is 2.89. The fourth-order valence-electron chi connectivity index (χ4n) is 1.69. The summed E-state index contributed by atoms with van der Waals surface area (Å²) < 4.78 is 5.32. The van der Waals surface area contributed by atoms with Gasteiger partial charge in [-0.3, -0.25) is 4.98 Å². The van der Waals surface area contributed by atoms with Crippen LogP contribution in [0.15, 0.2) is 41.3 Å². The highest BCUT2D eigenvalue weighted by molar-refractivity contribution is 5.57. The van der Waals surface area contributed by atoms with E-state index in [1.807, 2.05) is 19.1 Å². The largest absolute Gasteiger partial charge is 0.467 e. The van der Waals surface area contributed by atoms with E-state index in [0.717, 1.165) is 18.0 Å². The van der Waals surface area contributed by atoms with E-state index >= 15 is 0 Å². The molecule has 2 rings (SSSR count). The summed E-state index contributed by atoms with van der Waals surface area (Å²) in [5.41, 5.74) is 1.47. The highest BCUT2D eigenvalue weighted by Crippen LogP contribution is 2.20. The van der Waals surface area contributed by atoms with Gasteiger partial charge in [-0.25, -0.2) is 0 Å². The Morgan fingerprint density at radius 2 is 2.35 bits per heavy atom. The second-order valence-electron chi connectivity index (χ2n) is 3.60. The minimum atomic E-state index is 0.633. The van der Waals surface area contributed by atoms with Crippen LogP contribution in [0.5, 0.6) is 0 Å². The number of nitriles is 1. The van der Waals surface area contributed by atoms with E-state index in [4.69, 9.17) is 9.68 Å². The number of pyridine rings is 1. The van der Waals surface area contributed by atoms with E-state index in [1.165, 1.54) is 0 Å². The molecule has 0 spiro atoms. The van der Waals surface area contributed by atoms with Crippen LogP contribution in [-0.4, -0.2) is 11.5 Å². The Balaban J connectivity index is 2.26. The molecular formula is C13H13N3O. The first-order valence-corrected chi connectivity index (χ1v) is 5.46.